The van der Waals surface area contributed by atoms with Crippen LogP contribution in [0.3, 0.4) is 0 Å². The number of rotatable bonds is 5. The fraction of sp³-hybridized carbons (Fsp3) is 0.400. The van der Waals surface area contributed by atoms with Crippen molar-refractivity contribution < 1.29 is 19.4 Å². The first-order chi connectivity index (χ1) is 12.7. The maximum absolute atomic E-state index is 12.3. The van der Waals surface area contributed by atoms with Crippen LogP contribution in [0.1, 0.15) is 49.0 Å². The summed E-state index contributed by atoms with van der Waals surface area (Å²) in [5, 5.41) is 12.7. The smallest absolute Gasteiger partial charge is 0.278 e. The molecule has 1 aliphatic rings. The van der Waals surface area contributed by atoms with Gasteiger partial charge < -0.3 is 19.9 Å². The van der Waals surface area contributed by atoms with Gasteiger partial charge in [0.25, 0.3) is 5.91 Å². The van der Waals surface area contributed by atoms with Crippen LogP contribution in [-0.4, -0.2) is 29.2 Å². The van der Waals surface area contributed by atoms with Crippen molar-refractivity contribution in [2.45, 2.75) is 44.6 Å². The Morgan fingerprint density at radius 1 is 1.12 bits per heavy atom. The van der Waals surface area contributed by atoms with E-state index in [0.717, 1.165) is 18.6 Å². The maximum atomic E-state index is 12.3. The number of anilines is 1. The number of pyridine rings is 1. The fourth-order valence-corrected chi connectivity index (χ4v) is 3.13. The van der Waals surface area contributed by atoms with Crippen LogP contribution in [0, 0.1) is 0 Å². The van der Waals surface area contributed by atoms with Crippen LogP contribution in [0.25, 0.3) is 0 Å². The predicted octanol–water partition coefficient (Wildman–Crippen LogP) is 4.15. The molecule has 1 aliphatic carbocycles. The number of hydrogen-bond donors (Lipinski definition) is 2. The molecule has 0 bridgehead atoms. The van der Waals surface area contributed by atoms with E-state index in [0.29, 0.717) is 5.69 Å². The van der Waals surface area contributed by atoms with E-state index < -0.39 is 5.91 Å². The Labute approximate surface area is 153 Å². The highest BCUT2D eigenvalue weighted by molar-refractivity contribution is 6.05. The van der Waals surface area contributed by atoms with Crippen LogP contribution in [-0.2, 0) is 0 Å². The van der Waals surface area contributed by atoms with Crippen molar-refractivity contribution in [2.24, 2.45) is 0 Å². The maximum Gasteiger partial charge on any atom is 0.278 e. The van der Waals surface area contributed by atoms with Gasteiger partial charge in [-0.1, -0.05) is 12.8 Å². The van der Waals surface area contributed by atoms with E-state index in [2.05, 4.69) is 10.3 Å². The number of carbonyl (C=O) groups is 1. The summed E-state index contributed by atoms with van der Waals surface area (Å²) in [6, 6.07) is 8.74. The number of nitrogens with one attached hydrogen (secondary N) is 1. The van der Waals surface area contributed by atoms with E-state index >= 15 is 0 Å². The van der Waals surface area contributed by atoms with Crippen LogP contribution in [0.2, 0.25) is 0 Å². The van der Waals surface area contributed by atoms with Gasteiger partial charge in [0, 0.05) is 18.0 Å². The molecule has 1 heterocycles. The minimum atomic E-state index is -0.501. The molecule has 2 N–H and O–H groups in total. The van der Waals surface area contributed by atoms with Crippen molar-refractivity contribution in [3.05, 3.63) is 42.2 Å². The van der Waals surface area contributed by atoms with E-state index in [9.17, 15) is 9.90 Å². The van der Waals surface area contributed by atoms with Crippen molar-refractivity contribution in [2.75, 3.05) is 12.4 Å². The standard InChI is InChI=1S/C20H24N2O4/c1-25-17-12-13-21-18(19(17)23)20(24)22-14-8-10-16(11-9-14)26-15-6-4-2-3-5-7-15/h8-13,15,23H,2-7H2,1H3,(H,22,24). The number of nitrogens with zero attached hydrogens (tertiary/aromatic N) is 1. The van der Waals surface area contributed by atoms with Gasteiger partial charge in [-0.15, -0.1) is 0 Å². The molecule has 0 atom stereocenters. The SMILES string of the molecule is COc1ccnc(C(=O)Nc2ccc(OC3CCCCCC3)cc2)c1O. The summed E-state index contributed by atoms with van der Waals surface area (Å²) in [5.41, 5.74) is 0.523. The summed E-state index contributed by atoms with van der Waals surface area (Å²) in [6.45, 7) is 0. The number of methoxy groups -OCH3 is 1. The lowest BCUT2D eigenvalue weighted by Gasteiger charge is -2.17. The first-order valence-electron chi connectivity index (χ1n) is 8.97. The van der Waals surface area contributed by atoms with Gasteiger partial charge in [-0.3, -0.25) is 4.79 Å². The lowest BCUT2D eigenvalue weighted by atomic mass is 10.1. The molecule has 1 amide bonds. The third-order valence-electron chi connectivity index (χ3n) is 4.54. The van der Waals surface area contributed by atoms with Crippen LogP contribution in [0.4, 0.5) is 5.69 Å². The van der Waals surface area contributed by atoms with Gasteiger partial charge in [0.15, 0.2) is 17.2 Å². The predicted molar refractivity (Wildman–Crippen MR) is 99.0 cm³/mol. The molecule has 0 saturated heterocycles. The number of amides is 1. The van der Waals surface area contributed by atoms with Crippen LogP contribution >= 0.6 is 0 Å². The molecule has 0 unspecified atom stereocenters. The van der Waals surface area contributed by atoms with Crippen molar-refractivity contribution >= 4 is 11.6 Å². The molecule has 6 nitrogen and oxygen atoms in total. The highest BCUT2D eigenvalue weighted by Crippen LogP contribution is 2.28. The van der Waals surface area contributed by atoms with Gasteiger partial charge in [-0.25, -0.2) is 4.98 Å². The first-order valence-corrected chi connectivity index (χ1v) is 8.97. The lowest BCUT2D eigenvalue weighted by Crippen LogP contribution is -2.15. The second kappa shape index (κ2) is 8.56. The van der Waals surface area contributed by atoms with Gasteiger partial charge in [0.2, 0.25) is 0 Å². The topological polar surface area (TPSA) is 80.7 Å². The molecule has 0 aliphatic heterocycles. The molecule has 0 spiro atoms. The van der Waals surface area contributed by atoms with E-state index in [1.165, 1.54) is 45.1 Å². The Hall–Kier alpha value is -2.76. The summed E-state index contributed by atoms with van der Waals surface area (Å²) in [4.78, 5) is 16.2. The summed E-state index contributed by atoms with van der Waals surface area (Å²) in [6.07, 6.45) is 8.89. The number of aromatic hydroxyl groups is 1. The van der Waals surface area contributed by atoms with Crippen molar-refractivity contribution in [1.82, 2.24) is 4.98 Å². The summed E-state index contributed by atoms with van der Waals surface area (Å²) in [7, 11) is 1.42. The molecule has 1 saturated carbocycles. The van der Waals surface area contributed by atoms with Crippen LogP contribution in [0.15, 0.2) is 36.5 Å². The third kappa shape index (κ3) is 4.45. The molecular weight excluding hydrogens is 332 g/mol. The van der Waals surface area contributed by atoms with Crippen molar-refractivity contribution in [3.8, 4) is 17.2 Å². The van der Waals surface area contributed by atoms with E-state index in [4.69, 9.17) is 9.47 Å². The zero-order valence-electron chi connectivity index (χ0n) is 14.9. The minimum absolute atomic E-state index is 0.0804. The van der Waals surface area contributed by atoms with Crippen LogP contribution < -0.4 is 14.8 Å². The van der Waals surface area contributed by atoms with Gasteiger partial charge in [0.05, 0.1) is 13.2 Å². The molecule has 138 valence electrons. The molecular formula is C20H24N2O4. The van der Waals surface area contributed by atoms with Crippen LogP contribution in [0.5, 0.6) is 17.2 Å². The molecule has 1 aromatic carbocycles. The number of ether oxygens (including phenoxy) is 2. The summed E-state index contributed by atoms with van der Waals surface area (Å²) >= 11 is 0. The Morgan fingerprint density at radius 3 is 2.46 bits per heavy atom. The fourth-order valence-electron chi connectivity index (χ4n) is 3.13. The highest BCUT2D eigenvalue weighted by atomic mass is 16.5. The highest BCUT2D eigenvalue weighted by Gasteiger charge is 2.17. The summed E-state index contributed by atoms with van der Waals surface area (Å²) in [5.74, 6) is 0.231. The summed E-state index contributed by atoms with van der Waals surface area (Å²) < 4.78 is 11.0. The molecule has 1 aromatic heterocycles. The normalized spacial score (nSPS) is 15.1. The largest absolute Gasteiger partial charge is 0.503 e. The molecule has 1 fully saturated rings. The second-order valence-electron chi connectivity index (χ2n) is 6.42. The second-order valence-corrected chi connectivity index (χ2v) is 6.42. The van der Waals surface area contributed by atoms with Gasteiger partial charge in [-0.05, 0) is 49.9 Å². The monoisotopic (exact) mass is 356 g/mol. The first kappa shape index (κ1) is 18.0. The van der Waals surface area contributed by atoms with Gasteiger partial charge in [-0.2, -0.15) is 0 Å². The number of hydrogen-bond acceptors (Lipinski definition) is 5. The molecule has 2 aromatic rings. The van der Waals surface area contributed by atoms with Gasteiger partial charge in [0.1, 0.15) is 5.75 Å². The average molecular weight is 356 g/mol. The minimum Gasteiger partial charge on any atom is -0.503 e. The number of benzene rings is 1. The van der Waals surface area contributed by atoms with E-state index in [-0.39, 0.29) is 23.3 Å². The quantitative estimate of drug-likeness (QED) is 0.787. The van der Waals surface area contributed by atoms with Gasteiger partial charge >= 0.3 is 0 Å². The zero-order chi connectivity index (χ0) is 18.4. The van der Waals surface area contributed by atoms with E-state index in [1.54, 1.807) is 12.1 Å². The third-order valence-corrected chi connectivity index (χ3v) is 4.54. The zero-order valence-corrected chi connectivity index (χ0v) is 14.9. The average Bonchev–Trinajstić information content (AvgIpc) is 2.92. The Balaban J connectivity index is 1.63. The number of aromatic nitrogens is 1. The molecule has 6 heteroatoms. The Morgan fingerprint density at radius 2 is 1.81 bits per heavy atom. The number of carbonyl (C=O) groups excluding carboxylic acids is 1. The molecule has 26 heavy (non-hydrogen) atoms. The van der Waals surface area contributed by atoms with E-state index in [1.807, 2.05) is 12.1 Å². The Bertz CT molecular complexity index is 738. The lowest BCUT2D eigenvalue weighted by molar-refractivity contribution is 0.101. The molecule has 3 rings (SSSR count). The van der Waals surface area contributed by atoms with Crippen molar-refractivity contribution in [1.29, 1.82) is 0 Å². The Kier molecular flexibility index (Phi) is 5.94. The van der Waals surface area contributed by atoms with Crippen molar-refractivity contribution in [3.63, 3.8) is 0 Å². The molecule has 0 radical (unpaired) electrons.